The van der Waals surface area contributed by atoms with Gasteiger partial charge in [0.1, 0.15) is 28.1 Å². The summed E-state index contributed by atoms with van der Waals surface area (Å²) >= 11 is 1.03. The van der Waals surface area contributed by atoms with Crippen LogP contribution < -0.4 is 20.5 Å². The first-order valence-corrected chi connectivity index (χ1v) is 13.9. The number of hydrogen-bond donors (Lipinski definition) is 2. The number of rotatable bonds is 11. The number of anilines is 1. The van der Waals surface area contributed by atoms with Gasteiger partial charge in [0.15, 0.2) is 0 Å². The highest BCUT2D eigenvalue weighted by Gasteiger charge is 2.35. The second-order valence-electron chi connectivity index (χ2n) is 9.51. The number of methoxy groups -OCH3 is 3. The molecule has 3 N–H and O–H groups in total. The molecule has 9 nitrogen and oxygen atoms in total. The van der Waals surface area contributed by atoms with Crippen molar-refractivity contribution in [3.05, 3.63) is 59.0 Å². The molecule has 1 fully saturated rings. The molecule has 1 atom stereocenters. The lowest BCUT2D eigenvalue weighted by atomic mass is 9.94. The van der Waals surface area contributed by atoms with Crippen molar-refractivity contribution in [2.45, 2.75) is 44.2 Å². The number of nitrogens with one attached hydrogen (secondary N) is 1. The van der Waals surface area contributed by atoms with E-state index in [9.17, 15) is 9.59 Å². The SMILES string of the molecule is COCCN(C(=O)c1snc(-c2ccc(OC)cc2)c1N)[C@H](C(=O)NC1CCCCC1)c1ccc(OC)cc1. The van der Waals surface area contributed by atoms with Crippen LogP contribution in [0.1, 0.15) is 53.4 Å². The van der Waals surface area contributed by atoms with Gasteiger partial charge in [0.25, 0.3) is 5.91 Å². The molecule has 0 aliphatic heterocycles. The lowest BCUT2D eigenvalue weighted by Gasteiger charge is -2.33. The van der Waals surface area contributed by atoms with Gasteiger partial charge < -0.3 is 30.2 Å². The third-order valence-corrected chi connectivity index (χ3v) is 7.88. The second kappa shape index (κ2) is 13.4. The summed E-state index contributed by atoms with van der Waals surface area (Å²) < 4.78 is 20.4. The van der Waals surface area contributed by atoms with E-state index in [1.165, 1.54) is 11.3 Å². The van der Waals surface area contributed by atoms with Crippen molar-refractivity contribution in [3.8, 4) is 22.8 Å². The molecule has 1 heterocycles. The van der Waals surface area contributed by atoms with Crippen molar-refractivity contribution in [1.82, 2.24) is 14.6 Å². The first-order chi connectivity index (χ1) is 19.0. The standard InChI is InChI=1S/C29H36N4O5S/c1-36-18-17-33(29(35)27-24(30)25(32-39-27)19-9-13-22(37-2)14-10-19)26(20-11-15-23(38-3)16-12-20)28(34)31-21-7-5-4-6-8-21/h9-16,21,26H,4-8,17-18,30H2,1-3H3,(H,31,34)/t26-/m0/s1. The van der Waals surface area contributed by atoms with Gasteiger partial charge in [-0.05, 0) is 66.3 Å². The zero-order valence-corrected chi connectivity index (χ0v) is 23.5. The quantitative estimate of drug-likeness (QED) is 0.355. The van der Waals surface area contributed by atoms with Gasteiger partial charge >= 0.3 is 0 Å². The Bertz CT molecular complexity index is 1240. The normalized spacial score (nSPS) is 14.4. The Kier molecular flexibility index (Phi) is 9.78. The molecule has 0 bridgehead atoms. The lowest BCUT2D eigenvalue weighted by molar-refractivity contribution is -0.127. The number of hydrogen-bond acceptors (Lipinski definition) is 8. The summed E-state index contributed by atoms with van der Waals surface area (Å²) in [7, 11) is 4.75. The summed E-state index contributed by atoms with van der Waals surface area (Å²) in [5, 5.41) is 3.21. The van der Waals surface area contributed by atoms with Crippen LogP contribution in [0.15, 0.2) is 48.5 Å². The van der Waals surface area contributed by atoms with E-state index in [0.29, 0.717) is 22.8 Å². The van der Waals surface area contributed by atoms with Crippen molar-refractivity contribution in [2.24, 2.45) is 0 Å². The van der Waals surface area contributed by atoms with Crippen LogP contribution >= 0.6 is 11.5 Å². The van der Waals surface area contributed by atoms with Gasteiger partial charge in [-0.1, -0.05) is 31.4 Å². The molecule has 1 saturated carbocycles. The number of nitrogen functional groups attached to an aromatic ring is 1. The molecule has 10 heteroatoms. The number of aromatic nitrogens is 1. The van der Waals surface area contributed by atoms with Crippen molar-refractivity contribution in [3.63, 3.8) is 0 Å². The summed E-state index contributed by atoms with van der Waals surface area (Å²) in [6.07, 6.45) is 5.19. The maximum Gasteiger partial charge on any atom is 0.268 e. The molecule has 0 saturated heterocycles. The molecular weight excluding hydrogens is 516 g/mol. The van der Waals surface area contributed by atoms with Crippen molar-refractivity contribution in [1.29, 1.82) is 0 Å². The second-order valence-corrected chi connectivity index (χ2v) is 10.3. The minimum atomic E-state index is -0.883. The van der Waals surface area contributed by atoms with E-state index < -0.39 is 6.04 Å². The largest absolute Gasteiger partial charge is 0.497 e. The molecular formula is C29H36N4O5S. The fourth-order valence-electron chi connectivity index (χ4n) is 4.86. The number of carbonyl (C=O) groups is 2. The van der Waals surface area contributed by atoms with E-state index in [1.54, 1.807) is 33.5 Å². The number of amides is 2. The Morgan fingerprint density at radius 2 is 1.62 bits per heavy atom. The van der Waals surface area contributed by atoms with E-state index in [2.05, 4.69) is 9.69 Å². The average molecular weight is 553 g/mol. The third-order valence-electron chi connectivity index (χ3n) is 7.03. The summed E-state index contributed by atoms with van der Waals surface area (Å²) in [6.45, 7) is 0.443. The topological polar surface area (TPSA) is 116 Å². The molecule has 1 aromatic heterocycles. The zero-order chi connectivity index (χ0) is 27.8. The number of nitrogens with two attached hydrogens (primary N) is 1. The minimum absolute atomic E-state index is 0.0847. The zero-order valence-electron chi connectivity index (χ0n) is 22.6. The van der Waals surface area contributed by atoms with E-state index in [-0.39, 0.29) is 41.6 Å². The van der Waals surface area contributed by atoms with Crippen LogP contribution in [0.4, 0.5) is 5.69 Å². The first-order valence-electron chi connectivity index (χ1n) is 13.1. The predicted molar refractivity (Wildman–Crippen MR) is 152 cm³/mol. The molecule has 0 spiro atoms. The predicted octanol–water partition coefficient (Wildman–Crippen LogP) is 4.69. The Balaban J connectivity index is 1.69. The van der Waals surface area contributed by atoms with Crippen LogP contribution in [0.3, 0.4) is 0 Å². The van der Waals surface area contributed by atoms with Crippen molar-refractivity contribution in [2.75, 3.05) is 40.2 Å². The number of nitrogens with zero attached hydrogens (tertiary/aromatic N) is 2. The molecule has 3 aromatic rings. The van der Waals surface area contributed by atoms with E-state index in [4.69, 9.17) is 19.9 Å². The Morgan fingerprint density at radius 3 is 2.21 bits per heavy atom. The molecule has 2 amide bonds. The molecule has 208 valence electrons. The fourth-order valence-corrected chi connectivity index (χ4v) is 5.64. The Morgan fingerprint density at radius 1 is 1.00 bits per heavy atom. The Labute approximate surface area is 233 Å². The van der Waals surface area contributed by atoms with Crippen LogP contribution in [0.5, 0.6) is 11.5 Å². The molecule has 4 rings (SSSR count). The average Bonchev–Trinajstić information content (AvgIpc) is 3.36. The fraction of sp³-hybridized carbons (Fsp3) is 0.414. The first kappa shape index (κ1) is 28.4. The summed E-state index contributed by atoms with van der Waals surface area (Å²) in [5.41, 5.74) is 8.74. The van der Waals surface area contributed by atoms with Crippen LogP contribution in [0.2, 0.25) is 0 Å². The molecule has 1 aliphatic rings. The lowest BCUT2D eigenvalue weighted by Crippen LogP contribution is -2.48. The molecule has 39 heavy (non-hydrogen) atoms. The van der Waals surface area contributed by atoms with Crippen LogP contribution in [-0.4, -0.2) is 61.6 Å². The summed E-state index contributed by atoms with van der Waals surface area (Å²) in [6, 6.07) is 13.7. The molecule has 0 radical (unpaired) electrons. The van der Waals surface area contributed by atoms with Crippen LogP contribution in [0.25, 0.3) is 11.3 Å². The van der Waals surface area contributed by atoms with Gasteiger partial charge in [-0.25, -0.2) is 0 Å². The van der Waals surface area contributed by atoms with E-state index in [1.807, 2.05) is 36.4 Å². The maximum absolute atomic E-state index is 14.1. The van der Waals surface area contributed by atoms with Gasteiger partial charge in [-0.2, -0.15) is 4.37 Å². The van der Waals surface area contributed by atoms with Crippen molar-refractivity contribution >= 4 is 29.0 Å². The van der Waals surface area contributed by atoms with Crippen molar-refractivity contribution < 1.29 is 23.8 Å². The van der Waals surface area contributed by atoms with E-state index >= 15 is 0 Å². The highest BCUT2D eigenvalue weighted by Crippen LogP contribution is 2.35. The number of ether oxygens (including phenoxy) is 3. The summed E-state index contributed by atoms with van der Waals surface area (Å²) in [4.78, 5) is 29.7. The smallest absolute Gasteiger partial charge is 0.268 e. The van der Waals surface area contributed by atoms with E-state index in [0.717, 1.165) is 42.8 Å². The minimum Gasteiger partial charge on any atom is -0.497 e. The van der Waals surface area contributed by atoms with Crippen LogP contribution in [-0.2, 0) is 9.53 Å². The molecule has 1 aliphatic carbocycles. The monoisotopic (exact) mass is 552 g/mol. The molecule has 2 aromatic carbocycles. The maximum atomic E-state index is 14.1. The Hall–Kier alpha value is -3.63. The van der Waals surface area contributed by atoms with Gasteiger partial charge in [0, 0.05) is 25.3 Å². The highest BCUT2D eigenvalue weighted by atomic mass is 32.1. The summed E-state index contributed by atoms with van der Waals surface area (Å²) in [5.74, 6) is 0.771. The van der Waals surface area contributed by atoms with Gasteiger partial charge in [-0.15, -0.1) is 0 Å². The van der Waals surface area contributed by atoms with Gasteiger partial charge in [0.05, 0.1) is 26.5 Å². The van der Waals surface area contributed by atoms with Gasteiger partial charge in [-0.3, -0.25) is 9.59 Å². The molecule has 0 unspecified atom stereocenters. The van der Waals surface area contributed by atoms with Gasteiger partial charge in [0.2, 0.25) is 5.91 Å². The third kappa shape index (κ3) is 6.69. The van der Waals surface area contributed by atoms with Crippen LogP contribution in [0, 0.1) is 0 Å². The number of carbonyl (C=O) groups excluding carboxylic acids is 2. The number of benzene rings is 2. The highest BCUT2D eigenvalue weighted by molar-refractivity contribution is 7.09.